The number of aromatic nitrogens is 1. The molecular weight excluding hydrogens is 204 g/mol. The maximum Gasteiger partial charge on any atom is 0.223 e. The molecule has 0 aliphatic heterocycles. The van der Waals surface area contributed by atoms with Gasteiger partial charge in [0.15, 0.2) is 5.13 Å². The van der Waals surface area contributed by atoms with Gasteiger partial charge in [0.25, 0.3) is 0 Å². The van der Waals surface area contributed by atoms with Gasteiger partial charge in [0.1, 0.15) is 0 Å². The van der Waals surface area contributed by atoms with Crippen LogP contribution >= 0.6 is 23.1 Å². The first kappa shape index (κ1) is 10.5. The Labute approximate surface area is 86.0 Å². The summed E-state index contributed by atoms with van der Waals surface area (Å²) in [7, 11) is 0. The Bertz CT molecular complexity index is 309. The minimum absolute atomic E-state index is 0.0678. The normalized spacial score (nSPS) is 10.1. The number of amides is 1. The molecule has 0 aliphatic carbocycles. The highest BCUT2D eigenvalue weighted by molar-refractivity contribution is 8.01. The molecule has 0 atom stereocenters. The molecule has 0 saturated heterocycles. The van der Waals surface area contributed by atoms with Crippen molar-refractivity contribution in [2.45, 2.75) is 25.0 Å². The number of carbonyl (C=O) groups is 1. The standard InChI is InChI=1S/C8H12N2OS2/c1-4-12-7-5(2)9-8(13-7)10-6(3)11/h4H2,1-3H3,(H,9,10,11). The van der Waals surface area contributed by atoms with Gasteiger partial charge in [-0.3, -0.25) is 4.79 Å². The van der Waals surface area contributed by atoms with Crippen molar-refractivity contribution in [1.29, 1.82) is 0 Å². The van der Waals surface area contributed by atoms with Gasteiger partial charge in [0.05, 0.1) is 9.90 Å². The zero-order valence-corrected chi connectivity index (χ0v) is 9.51. The van der Waals surface area contributed by atoms with Crippen LogP contribution in [0.25, 0.3) is 0 Å². The number of aryl methyl sites for hydroxylation is 1. The van der Waals surface area contributed by atoms with Crippen LogP contribution in [0.3, 0.4) is 0 Å². The Morgan fingerprint density at radius 3 is 2.92 bits per heavy atom. The number of nitrogens with one attached hydrogen (secondary N) is 1. The molecule has 0 saturated carbocycles. The van der Waals surface area contributed by atoms with Crippen molar-refractivity contribution in [1.82, 2.24) is 4.98 Å². The van der Waals surface area contributed by atoms with Crippen LogP contribution in [-0.4, -0.2) is 16.6 Å². The maximum atomic E-state index is 10.7. The van der Waals surface area contributed by atoms with E-state index in [1.54, 1.807) is 11.8 Å². The van der Waals surface area contributed by atoms with Crippen LogP contribution in [0.4, 0.5) is 5.13 Å². The van der Waals surface area contributed by atoms with E-state index in [4.69, 9.17) is 0 Å². The number of hydrogen-bond donors (Lipinski definition) is 1. The average molecular weight is 216 g/mol. The van der Waals surface area contributed by atoms with Gasteiger partial charge < -0.3 is 5.32 Å². The first-order valence-corrected chi connectivity index (χ1v) is 5.81. The van der Waals surface area contributed by atoms with E-state index in [1.165, 1.54) is 22.5 Å². The van der Waals surface area contributed by atoms with E-state index in [0.29, 0.717) is 5.13 Å². The van der Waals surface area contributed by atoms with Crippen LogP contribution in [0, 0.1) is 6.92 Å². The van der Waals surface area contributed by atoms with Gasteiger partial charge in [-0.1, -0.05) is 18.3 Å². The van der Waals surface area contributed by atoms with Gasteiger partial charge in [0.2, 0.25) is 5.91 Å². The smallest absolute Gasteiger partial charge is 0.223 e. The predicted molar refractivity (Wildman–Crippen MR) is 57.6 cm³/mol. The minimum atomic E-state index is -0.0678. The monoisotopic (exact) mass is 216 g/mol. The fourth-order valence-electron chi connectivity index (χ4n) is 0.851. The van der Waals surface area contributed by atoms with Crippen molar-refractivity contribution in [2.75, 3.05) is 11.1 Å². The number of thioether (sulfide) groups is 1. The third kappa shape index (κ3) is 3.00. The van der Waals surface area contributed by atoms with Crippen LogP contribution < -0.4 is 5.32 Å². The molecule has 1 rings (SSSR count). The van der Waals surface area contributed by atoms with Crippen LogP contribution in [0.1, 0.15) is 19.5 Å². The van der Waals surface area contributed by atoms with Gasteiger partial charge in [-0.15, -0.1) is 11.8 Å². The highest BCUT2D eigenvalue weighted by Gasteiger charge is 2.07. The number of carbonyl (C=O) groups excluding carboxylic acids is 1. The number of thiazole rings is 1. The van der Waals surface area contributed by atoms with Crippen molar-refractivity contribution in [3.05, 3.63) is 5.69 Å². The Kier molecular flexibility index (Phi) is 3.74. The van der Waals surface area contributed by atoms with Crippen molar-refractivity contribution < 1.29 is 4.79 Å². The van der Waals surface area contributed by atoms with Crippen LogP contribution in [0.2, 0.25) is 0 Å². The summed E-state index contributed by atoms with van der Waals surface area (Å²) in [5.74, 6) is 0.963. The zero-order valence-electron chi connectivity index (χ0n) is 7.88. The molecule has 0 spiro atoms. The molecule has 0 bridgehead atoms. The average Bonchev–Trinajstić information content (AvgIpc) is 2.31. The third-order valence-corrected chi connectivity index (χ3v) is 3.63. The molecule has 1 heterocycles. The molecular formula is C8H12N2OS2. The summed E-state index contributed by atoms with van der Waals surface area (Å²) in [4.78, 5) is 15.0. The molecule has 13 heavy (non-hydrogen) atoms. The van der Waals surface area contributed by atoms with Crippen LogP contribution in [0.5, 0.6) is 0 Å². The summed E-state index contributed by atoms with van der Waals surface area (Å²) >= 11 is 3.29. The molecule has 0 aliphatic rings. The predicted octanol–water partition coefficient (Wildman–Crippen LogP) is 2.52. The lowest BCUT2D eigenvalue weighted by Crippen LogP contribution is -2.04. The molecule has 1 aromatic heterocycles. The number of hydrogen-bond acceptors (Lipinski definition) is 4. The van der Waals surface area contributed by atoms with E-state index < -0.39 is 0 Å². The van der Waals surface area contributed by atoms with Crippen molar-refractivity contribution in [3.63, 3.8) is 0 Å². The van der Waals surface area contributed by atoms with E-state index in [9.17, 15) is 4.79 Å². The Morgan fingerprint density at radius 1 is 1.69 bits per heavy atom. The molecule has 3 nitrogen and oxygen atoms in total. The van der Waals surface area contributed by atoms with Gasteiger partial charge >= 0.3 is 0 Å². The van der Waals surface area contributed by atoms with Gasteiger partial charge in [-0.2, -0.15) is 0 Å². The molecule has 0 radical (unpaired) electrons. The summed E-state index contributed by atoms with van der Waals surface area (Å²) in [6.07, 6.45) is 0. The van der Waals surface area contributed by atoms with Gasteiger partial charge in [0, 0.05) is 6.92 Å². The summed E-state index contributed by atoms with van der Waals surface area (Å²) < 4.78 is 1.19. The first-order valence-electron chi connectivity index (χ1n) is 4.01. The van der Waals surface area contributed by atoms with Crippen molar-refractivity contribution in [2.24, 2.45) is 0 Å². The van der Waals surface area contributed by atoms with Crippen LogP contribution in [0.15, 0.2) is 4.21 Å². The van der Waals surface area contributed by atoms with E-state index in [1.807, 2.05) is 6.92 Å². The molecule has 1 aromatic rings. The van der Waals surface area contributed by atoms with Gasteiger partial charge in [-0.05, 0) is 12.7 Å². The zero-order chi connectivity index (χ0) is 9.84. The largest absolute Gasteiger partial charge is 0.302 e. The van der Waals surface area contributed by atoms with E-state index in [-0.39, 0.29) is 5.91 Å². The quantitative estimate of drug-likeness (QED) is 0.789. The minimum Gasteiger partial charge on any atom is -0.302 e. The summed E-state index contributed by atoms with van der Waals surface area (Å²) in [5, 5.41) is 3.37. The highest BCUT2D eigenvalue weighted by atomic mass is 32.2. The lowest BCUT2D eigenvalue weighted by atomic mass is 10.6. The molecule has 0 aromatic carbocycles. The molecule has 1 amide bonds. The first-order chi connectivity index (χ1) is 6.13. The number of rotatable bonds is 3. The maximum absolute atomic E-state index is 10.7. The lowest BCUT2D eigenvalue weighted by molar-refractivity contribution is -0.114. The summed E-state index contributed by atoms with van der Waals surface area (Å²) in [6, 6.07) is 0. The topological polar surface area (TPSA) is 42.0 Å². The van der Waals surface area contributed by atoms with Crippen molar-refractivity contribution in [3.8, 4) is 0 Å². The second-order valence-electron chi connectivity index (χ2n) is 2.51. The third-order valence-electron chi connectivity index (χ3n) is 1.31. The summed E-state index contributed by atoms with van der Waals surface area (Å²) in [5.41, 5.74) is 1.00. The van der Waals surface area contributed by atoms with E-state index in [2.05, 4.69) is 17.2 Å². The second-order valence-corrected chi connectivity index (χ2v) is 5.04. The summed E-state index contributed by atoms with van der Waals surface area (Å²) in [6.45, 7) is 5.55. The SMILES string of the molecule is CCSc1sc(NC(C)=O)nc1C. The Hall–Kier alpha value is -0.550. The molecule has 1 N–H and O–H groups in total. The molecule has 72 valence electrons. The second kappa shape index (κ2) is 4.62. The fourth-order valence-corrected chi connectivity index (χ4v) is 2.94. The Balaban J connectivity index is 2.76. The van der Waals surface area contributed by atoms with Crippen LogP contribution in [-0.2, 0) is 4.79 Å². The number of anilines is 1. The number of nitrogens with zero attached hydrogens (tertiary/aromatic N) is 1. The van der Waals surface area contributed by atoms with Gasteiger partial charge in [-0.25, -0.2) is 4.98 Å². The highest BCUT2D eigenvalue weighted by Crippen LogP contribution is 2.31. The van der Waals surface area contributed by atoms with E-state index in [0.717, 1.165) is 11.4 Å². The molecule has 0 unspecified atom stereocenters. The van der Waals surface area contributed by atoms with Crippen molar-refractivity contribution >= 4 is 34.1 Å². The Morgan fingerprint density at radius 2 is 2.38 bits per heavy atom. The fraction of sp³-hybridized carbons (Fsp3) is 0.500. The van der Waals surface area contributed by atoms with E-state index >= 15 is 0 Å². The molecule has 0 fully saturated rings. The lowest BCUT2D eigenvalue weighted by Gasteiger charge is -1.92. The molecule has 5 heteroatoms.